The molecule has 1 N–H and O–H groups in total. The Balaban J connectivity index is 2.49. The summed E-state index contributed by atoms with van der Waals surface area (Å²) >= 11 is 0. The Morgan fingerprint density at radius 3 is 2.38 bits per heavy atom. The molecule has 88 valence electrons. The molecule has 2 nitrogen and oxygen atoms in total. The predicted molar refractivity (Wildman–Crippen MR) is 67.5 cm³/mol. The van der Waals surface area contributed by atoms with Gasteiger partial charge in [0.25, 0.3) is 0 Å². The van der Waals surface area contributed by atoms with Crippen molar-refractivity contribution in [2.45, 2.75) is 32.7 Å². The highest BCUT2D eigenvalue weighted by Crippen LogP contribution is 2.08. The Labute approximate surface area is 98.1 Å². The van der Waals surface area contributed by atoms with Gasteiger partial charge >= 0.3 is 0 Å². The third kappa shape index (κ3) is 3.78. The van der Waals surface area contributed by atoms with E-state index in [9.17, 15) is 4.79 Å². The molecule has 0 aromatic heterocycles. The number of rotatable bonds is 6. The van der Waals surface area contributed by atoms with Gasteiger partial charge < -0.3 is 5.32 Å². The molecule has 0 radical (unpaired) electrons. The minimum atomic E-state index is -0.0137. The van der Waals surface area contributed by atoms with Gasteiger partial charge in [-0.2, -0.15) is 0 Å². The highest BCUT2D eigenvalue weighted by atomic mass is 16.1. The predicted octanol–water partition coefficient (Wildman–Crippen LogP) is 2.43. The van der Waals surface area contributed by atoms with Gasteiger partial charge in [0.2, 0.25) is 0 Å². The fraction of sp³-hybridized carbons (Fsp3) is 0.500. The lowest BCUT2D eigenvalue weighted by atomic mass is 9.96. The molecule has 1 aromatic rings. The Kier molecular flexibility index (Phi) is 5.20. The van der Waals surface area contributed by atoms with Crippen molar-refractivity contribution in [1.29, 1.82) is 0 Å². The molecule has 0 unspecified atom stereocenters. The van der Waals surface area contributed by atoms with Gasteiger partial charge in [0.1, 0.15) is 0 Å². The number of likely N-dealkylation sites (N-methyl/N-ethyl adjacent to an activating group) is 1. The first kappa shape index (κ1) is 12.9. The van der Waals surface area contributed by atoms with E-state index in [1.807, 2.05) is 39.1 Å². The molecular weight excluding hydrogens is 198 g/mol. The van der Waals surface area contributed by atoms with E-state index in [1.54, 1.807) is 0 Å². The Bertz CT molecular complexity index is 319. The second kappa shape index (κ2) is 6.44. The van der Waals surface area contributed by atoms with Gasteiger partial charge in [-0.3, -0.25) is 4.79 Å². The van der Waals surface area contributed by atoms with Gasteiger partial charge in [-0.15, -0.1) is 0 Å². The van der Waals surface area contributed by atoms with Crippen molar-refractivity contribution in [1.82, 2.24) is 5.32 Å². The van der Waals surface area contributed by atoms with E-state index >= 15 is 0 Å². The summed E-state index contributed by atoms with van der Waals surface area (Å²) in [4.78, 5) is 11.8. The smallest absolute Gasteiger partial charge is 0.152 e. The van der Waals surface area contributed by atoms with E-state index < -0.39 is 0 Å². The molecule has 0 heterocycles. The number of hydrogen-bond donors (Lipinski definition) is 1. The van der Waals surface area contributed by atoms with E-state index in [4.69, 9.17) is 0 Å². The van der Waals surface area contributed by atoms with Gasteiger partial charge in [0, 0.05) is 5.92 Å². The summed E-state index contributed by atoms with van der Waals surface area (Å²) in [5, 5.41) is 3.10. The van der Waals surface area contributed by atoms with Gasteiger partial charge in [-0.05, 0) is 25.5 Å². The van der Waals surface area contributed by atoms with Crippen molar-refractivity contribution in [2.75, 3.05) is 7.05 Å². The first-order valence-corrected chi connectivity index (χ1v) is 5.90. The second-order valence-electron chi connectivity index (χ2n) is 4.42. The molecule has 0 spiro atoms. The molecule has 0 fully saturated rings. The molecule has 0 saturated heterocycles. The van der Waals surface area contributed by atoms with E-state index in [0.29, 0.717) is 5.78 Å². The molecule has 0 saturated carbocycles. The van der Waals surface area contributed by atoms with Crippen LogP contribution in [0.1, 0.15) is 25.8 Å². The van der Waals surface area contributed by atoms with Crippen LogP contribution in [0.3, 0.4) is 0 Å². The highest BCUT2D eigenvalue weighted by Gasteiger charge is 2.18. The molecule has 0 aliphatic rings. The molecule has 16 heavy (non-hydrogen) atoms. The van der Waals surface area contributed by atoms with Gasteiger partial charge in [0.15, 0.2) is 5.78 Å². The molecule has 1 aromatic carbocycles. The summed E-state index contributed by atoms with van der Waals surface area (Å²) in [6.45, 7) is 3.91. The molecule has 1 atom stereocenters. The van der Waals surface area contributed by atoms with Crippen molar-refractivity contribution < 1.29 is 4.79 Å². The van der Waals surface area contributed by atoms with Crippen LogP contribution in [-0.2, 0) is 11.2 Å². The molecule has 0 aliphatic carbocycles. The molecular formula is C14H21NO. The third-order valence-electron chi connectivity index (χ3n) is 2.83. The SMILES string of the molecule is CN[C@@H](CCc1ccccc1)C(=O)C(C)C. The van der Waals surface area contributed by atoms with Crippen molar-refractivity contribution in [3.8, 4) is 0 Å². The lowest BCUT2D eigenvalue weighted by molar-refractivity contribution is -0.124. The van der Waals surface area contributed by atoms with Crippen LogP contribution in [0.5, 0.6) is 0 Å². The van der Waals surface area contributed by atoms with Crippen molar-refractivity contribution >= 4 is 5.78 Å². The average Bonchev–Trinajstić information content (AvgIpc) is 2.30. The number of carbonyl (C=O) groups is 1. The van der Waals surface area contributed by atoms with Crippen LogP contribution in [-0.4, -0.2) is 18.9 Å². The number of ketones is 1. The van der Waals surface area contributed by atoms with Crippen LogP contribution in [0.25, 0.3) is 0 Å². The number of Topliss-reactive ketones (excluding diaryl/α,β-unsaturated/α-hetero) is 1. The zero-order valence-electron chi connectivity index (χ0n) is 10.4. The quantitative estimate of drug-likeness (QED) is 0.796. The number of carbonyl (C=O) groups excluding carboxylic acids is 1. The van der Waals surface area contributed by atoms with Gasteiger partial charge in [-0.25, -0.2) is 0 Å². The van der Waals surface area contributed by atoms with E-state index in [1.165, 1.54) is 5.56 Å². The lowest BCUT2D eigenvalue weighted by Crippen LogP contribution is -2.37. The molecule has 1 rings (SSSR count). The van der Waals surface area contributed by atoms with E-state index in [2.05, 4.69) is 17.4 Å². The van der Waals surface area contributed by atoms with Crippen LogP contribution in [0, 0.1) is 5.92 Å². The van der Waals surface area contributed by atoms with E-state index in [0.717, 1.165) is 12.8 Å². The van der Waals surface area contributed by atoms with E-state index in [-0.39, 0.29) is 12.0 Å². The standard InChI is InChI=1S/C14H21NO/c1-11(2)14(16)13(15-3)10-9-12-7-5-4-6-8-12/h4-8,11,13,15H,9-10H2,1-3H3/t13-/m0/s1. The van der Waals surface area contributed by atoms with Crippen LogP contribution >= 0.6 is 0 Å². The maximum atomic E-state index is 11.8. The fourth-order valence-electron chi connectivity index (χ4n) is 1.79. The first-order valence-electron chi connectivity index (χ1n) is 5.90. The summed E-state index contributed by atoms with van der Waals surface area (Å²) in [5.41, 5.74) is 1.29. The van der Waals surface area contributed by atoms with Gasteiger partial charge in [-0.1, -0.05) is 44.2 Å². The second-order valence-corrected chi connectivity index (χ2v) is 4.42. The lowest BCUT2D eigenvalue weighted by Gasteiger charge is -2.17. The Morgan fingerprint density at radius 1 is 1.25 bits per heavy atom. The van der Waals surface area contributed by atoms with Gasteiger partial charge in [0.05, 0.1) is 6.04 Å². The van der Waals surface area contributed by atoms with Crippen molar-refractivity contribution in [3.05, 3.63) is 35.9 Å². The van der Waals surface area contributed by atoms with Crippen LogP contribution < -0.4 is 5.32 Å². The summed E-state index contributed by atoms with van der Waals surface area (Å²) < 4.78 is 0. The molecule has 2 heteroatoms. The molecule has 0 amide bonds. The molecule has 0 aliphatic heterocycles. The minimum absolute atomic E-state index is 0.0137. The maximum Gasteiger partial charge on any atom is 0.152 e. The highest BCUT2D eigenvalue weighted by molar-refractivity contribution is 5.85. The summed E-state index contributed by atoms with van der Waals surface area (Å²) in [5.74, 6) is 0.409. The average molecular weight is 219 g/mol. The fourth-order valence-corrected chi connectivity index (χ4v) is 1.79. The maximum absolute atomic E-state index is 11.8. The van der Waals surface area contributed by atoms with Crippen LogP contribution in [0.2, 0.25) is 0 Å². The normalized spacial score (nSPS) is 12.8. The number of aryl methyl sites for hydroxylation is 1. The first-order chi connectivity index (χ1) is 7.65. The minimum Gasteiger partial charge on any atom is -0.311 e. The zero-order chi connectivity index (χ0) is 12.0. The Morgan fingerprint density at radius 2 is 1.88 bits per heavy atom. The number of benzene rings is 1. The zero-order valence-corrected chi connectivity index (χ0v) is 10.4. The largest absolute Gasteiger partial charge is 0.311 e. The third-order valence-corrected chi connectivity index (χ3v) is 2.83. The number of nitrogens with one attached hydrogen (secondary N) is 1. The molecule has 0 bridgehead atoms. The van der Waals surface area contributed by atoms with Crippen LogP contribution in [0.4, 0.5) is 0 Å². The topological polar surface area (TPSA) is 29.1 Å². The van der Waals surface area contributed by atoms with Crippen LogP contribution in [0.15, 0.2) is 30.3 Å². The van der Waals surface area contributed by atoms with Crippen molar-refractivity contribution in [3.63, 3.8) is 0 Å². The monoisotopic (exact) mass is 219 g/mol. The van der Waals surface area contributed by atoms with Crippen molar-refractivity contribution in [2.24, 2.45) is 5.92 Å². The Hall–Kier alpha value is -1.15. The number of hydrogen-bond acceptors (Lipinski definition) is 2. The summed E-state index contributed by atoms with van der Waals surface area (Å²) in [6.07, 6.45) is 1.82. The summed E-state index contributed by atoms with van der Waals surface area (Å²) in [6, 6.07) is 10.3. The summed E-state index contributed by atoms with van der Waals surface area (Å²) in [7, 11) is 1.86.